The fourth-order valence-electron chi connectivity index (χ4n) is 2.87. The Hall–Kier alpha value is -1.82. The smallest absolute Gasteiger partial charge is 0.315 e. The van der Waals surface area contributed by atoms with Crippen LogP contribution in [0, 0.1) is 5.92 Å². The van der Waals surface area contributed by atoms with Crippen molar-refractivity contribution in [3.05, 3.63) is 24.4 Å². The van der Waals surface area contributed by atoms with Gasteiger partial charge < -0.3 is 20.6 Å². The molecule has 0 radical (unpaired) electrons. The molecule has 6 heteroatoms. The minimum absolute atomic E-state index is 0.178. The molecule has 23 heavy (non-hydrogen) atoms. The average Bonchev–Trinajstić information content (AvgIpc) is 2.54. The van der Waals surface area contributed by atoms with Crippen LogP contribution in [0.15, 0.2) is 24.4 Å². The number of rotatable bonds is 6. The largest absolute Gasteiger partial charge is 0.391 e. The van der Waals surface area contributed by atoms with Crippen LogP contribution in [-0.4, -0.2) is 47.9 Å². The quantitative estimate of drug-likeness (QED) is 0.746. The van der Waals surface area contributed by atoms with Crippen molar-refractivity contribution >= 4 is 11.8 Å². The number of nitrogens with one attached hydrogen (secondary N) is 2. The summed E-state index contributed by atoms with van der Waals surface area (Å²) in [7, 11) is 0. The van der Waals surface area contributed by atoms with E-state index in [2.05, 4.69) is 34.4 Å². The van der Waals surface area contributed by atoms with Crippen molar-refractivity contribution in [1.82, 2.24) is 15.6 Å². The zero-order chi connectivity index (χ0) is 16.7. The van der Waals surface area contributed by atoms with E-state index in [4.69, 9.17) is 0 Å². The summed E-state index contributed by atoms with van der Waals surface area (Å²) in [5.74, 6) is 1.41. The Morgan fingerprint density at radius 1 is 1.39 bits per heavy atom. The first-order valence-corrected chi connectivity index (χ1v) is 8.43. The van der Waals surface area contributed by atoms with E-state index in [1.54, 1.807) is 6.20 Å². The molecule has 1 aliphatic heterocycles. The van der Waals surface area contributed by atoms with Crippen LogP contribution in [0.25, 0.3) is 0 Å². The molecule has 1 unspecified atom stereocenters. The summed E-state index contributed by atoms with van der Waals surface area (Å²) in [5.41, 5.74) is 0. The number of piperidine rings is 1. The zero-order valence-corrected chi connectivity index (χ0v) is 14.0. The molecule has 0 bridgehead atoms. The number of urea groups is 1. The monoisotopic (exact) mass is 320 g/mol. The molecule has 3 N–H and O–H groups in total. The molecule has 1 aromatic heterocycles. The summed E-state index contributed by atoms with van der Waals surface area (Å²) < 4.78 is 0. The highest BCUT2D eigenvalue weighted by molar-refractivity contribution is 5.74. The van der Waals surface area contributed by atoms with Gasteiger partial charge in [0, 0.05) is 31.9 Å². The first-order valence-electron chi connectivity index (χ1n) is 8.43. The van der Waals surface area contributed by atoms with Crippen molar-refractivity contribution in [2.24, 2.45) is 5.92 Å². The lowest BCUT2D eigenvalue weighted by molar-refractivity contribution is 0.146. The Kier molecular flexibility index (Phi) is 6.65. The summed E-state index contributed by atoms with van der Waals surface area (Å²) in [6.07, 6.45) is 3.82. The second-order valence-electron chi connectivity index (χ2n) is 6.59. The molecule has 1 aliphatic rings. The molecule has 1 atom stereocenters. The molecule has 1 aromatic rings. The number of aromatic nitrogens is 1. The van der Waals surface area contributed by atoms with Gasteiger partial charge in [0.2, 0.25) is 0 Å². The highest BCUT2D eigenvalue weighted by Crippen LogP contribution is 2.17. The second kappa shape index (κ2) is 8.72. The fourth-order valence-corrected chi connectivity index (χ4v) is 2.87. The third-order valence-electron chi connectivity index (χ3n) is 4.05. The second-order valence-corrected chi connectivity index (χ2v) is 6.59. The summed E-state index contributed by atoms with van der Waals surface area (Å²) in [6.45, 7) is 6.18. The van der Waals surface area contributed by atoms with Crippen LogP contribution in [0.2, 0.25) is 0 Å². The summed E-state index contributed by atoms with van der Waals surface area (Å²) in [5, 5.41) is 15.5. The van der Waals surface area contributed by atoms with Gasteiger partial charge in [0.1, 0.15) is 5.82 Å². The number of amides is 2. The van der Waals surface area contributed by atoms with Crippen LogP contribution in [-0.2, 0) is 0 Å². The standard InChI is InChI=1S/C17H28N4O2/c1-13(2)11-15(22)12-19-17(23)20-14-6-9-21(10-7-14)16-5-3-4-8-18-16/h3-5,8,13-15,22H,6-7,9-12H2,1-2H3,(H2,19,20,23). The number of anilines is 1. The maximum Gasteiger partial charge on any atom is 0.315 e. The molecular formula is C17H28N4O2. The van der Waals surface area contributed by atoms with Crippen LogP contribution in [0.4, 0.5) is 10.6 Å². The van der Waals surface area contributed by atoms with Gasteiger partial charge in [-0.15, -0.1) is 0 Å². The van der Waals surface area contributed by atoms with Gasteiger partial charge in [0.15, 0.2) is 0 Å². The molecule has 0 aromatic carbocycles. The van der Waals surface area contributed by atoms with E-state index in [9.17, 15) is 9.90 Å². The lowest BCUT2D eigenvalue weighted by Gasteiger charge is -2.33. The van der Waals surface area contributed by atoms with Crippen molar-refractivity contribution in [3.8, 4) is 0 Å². The highest BCUT2D eigenvalue weighted by Gasteiger charge is 2.21. The van der Waals surface area contributed by atoms with Gasteiger partial charge in [0.25, 0.3) is 0 Å². The Morgan fingerprint density at radius 3 is 2.74 bits per heavy atom. The number of hydrogen-bond donors (Lipinski definition) is 3. The molecule has 128 valence electrons. The molecular weight excluding hydrogens is 292 g/mol. The average molecular weight is 320 g/mol. The number of aliphatic hydroxyl groups is 1. The van der Waals surface area contributed by atoms with Gasteiger partial charge in [-0.2, -0.15) is 0 Å². The van der Waals surface area contributed by atoms with E-state index in [1.165, 1.54) is 0 Å². The molecule has 2 heterocycles. The Labute approximate surface area is 138 Å². The van der Waals surface area contributed by atoms with Crippen molar-refractivity contribution < 1.29 is 9.90 Å². The maximum atomic E-state index is 11.9. The van der Waals surface area contributed by atoms with E-state index in [-0.39, 0.29) is 12.1 Å². The number of pyridine rings is 1. The predicted octanol–water partition coefficient (Wildman–Crippen LogP) is 1.76. The number of carbonyl (C=O) groups is 1. The molecule has 0 aliphatic carbocycles. The summed E-state index contributed by atoms with van der Waals surface area (Å²) >= 11 is 0. The molecule has 6 nitrogen and oxygen atoms in total. The van der Waals surface area contributed by atoms with Crippen molar-refractivity contribution in [2.45, 2.75) is 45.3 Å². The van der Waals surface area contributed by atoms with Crippen LogP contribution >= 0.6 is 0 Å². The number of nitrogens with zero attached hydrogens (tertiary/aromatic N) is 2. The minimum atomic E-state index is -0.480. The van der Waals surface area contributed by atoms with Crippen LogP contribution in [0.5, 0.6) is 0 Å². The summed E-state index contributed by atoms with van der Waals surface area (Å²) in [6, 6.07) is 5.90. The topological polar surface area (TPSA) is 77.5 Å². The number of aliphatic hydroxyl groups excluding tert-OH is 1. The van der Waals surface area contributed by atoms with Gasteiger partial charge in [-0.25, -0.2) is 9.78 Å². The normalized spacial score (nSPS) is 17.1. The van der Waals surface area contributed by atoms with Gasteiger partial charge in [-0.1, -0.05) is 19.9 Å². The predicted molar refractivity (Wildman–Crippen MR) is 91.5 cm³/mol. The first kappa shape index (κ1) is 17.5. The van der Waals surface area contributed by atoms with Crippen molar-refractivity contribution in [2.75, 3.05) is 24.5 Å². The van der Waals surface area contributed by atoms with Crippen LogP contribution in [0.3, 0.4) is 0 Å². The third kappa shape index (κ3) is 6.06. The fraction of sp³-hybridized carbons (Fsp3) is 0.647. The number of carbonyl (C=O) groups excluding carboxylic acids is 1. The van der Waals surface area contributed by atoms with Crippen molar-refractivity contribution in [3.63, 3.8) is 0 Å². The molecule has 1 saturated heterocycles. The Bertz CT molecular complexity index is 473. The Morgan fingerprint density at radius 2 is 2.13 bits per heavy atom. The Balaban J connectivity index is 1.67. The molecule has 1 fully saturated rings. The van der Waals surface area contributed by atoms with E-state index < -0.39 is 6.10 Å². The van der Waals surface area contributed by atoms with Gasteiger partial charge in [0.05, 0.1) is 6.10 Å². The van der Waals surface area contributed by atoms with Gasteiger partial charge >= 0.3 is 6.03 Å². The first-order chi connectivity index (χ1) is 11.0. The SMILES string of the molecule is CC(C)CC(O)CNC(=O)NC1CCN(c2ccccn2)CC1. The van der Waals surface area contributed by atoms with Crippen molar-refractivity contribution in [1.29, 1.82) is 0 Å². The lowest BCUT2D eigenvalue weighted by atomic mass is 10.1. The minimum Gasteiger partial charge on any atom is -0.391 e. The maximum absolute atomic E-state index is 11.9. The molecule has 2 amide bonds. The van der Waals surface area contributed by atoms with E-state index in [1.807, 2.05) is 18.2 Å². The van der Waals surface area contributed by atoms with Gasteiger partial charge in [-0.05, 0) is 37.3 Å². The molecule has 0 saturated carbocycles. The number of hydrogen-bond acceptors (Lipinski definition) is 4. The zero-order valence-electron chi connectivity index (χ0n) is 14.0. The third-order valence-corrected chi connectivity index (χ3v) is 4.05. The molecule has 2 rings (SSSR count). The lowest BCUT2D eigenvalue weighted by Crippen LogP contribution is -2.49. The van der Waals surface area contributed by atoms with E-state index in [0.29, 0.717) is 18.9 Å². The van der Waals surface area contributed by atoms with Gasteiger partial charge in [-0.3, -0.25) is 0 Å². The summed E-state index contributed by atoms with van der Waals surface area (Å²) in [4.78, 5) is 18.5. The van der Waals surface area contributed by atoms with Crippen LogP contribution in [0.1, 0.15) is 33.1 Å². The highest BCUT2D eigenvalue weighted by atomic mass is 16.3. The molecule has 0 spiro atoms. The van der Waals surface area contributed by atoms with E-state index in [0.717, 1.165) is 31.7 Å². The van der Waals surface area contributed by atoms with E-state index >= 15 is 0 Å². The van der Waals surface area contributed by atoms with Crippen LogP contribution < -0.4 is 15.5 Å².